The molecule has 1 heterocycles. The molecule has 1 aromatic heterocycles. The quantitative estimate of drug-likeness (QED) is 0.684. The molecule has 0 aliphatic carbocycles. The summed E-state index contributed by atoms with van der Waals surface area (Å²) in [5.74, 6) is -0.291. The third-order valence-electron chi connectivity index (χ3n) is 3.36. The number of nitrogens with one attached hydrogen (secondary N) is 1. The zero-order valence-electron chi connectivity index (χ0n) is 10.7. The third-order valence-corrected chi connectivity index (χ3v) is 3.75. The molecular formula is C16H10ClFN2. The van der Waals surface area contributed by atoms with Crippen LogP contribution in [0.3, 0.4) is 0 Å². The molecule has 1 N–H and O–H groups in total. The molecule has 3 rings (SSSR count). The van der Waals surface area contributed by atoms with Gasteiger partial charge in [0.1, 0.15) is 11.9 Å². The van der Waals surface area contributed by atoms with E-state index in [4.69, 9.17) is 11.6 Å². The van der Waals surface area contributed by atoms with Gasteiger partial charge in [-0.25, -0.2) is 4.39 Å². The van der Waals surface area contributed by atoms with Crippen LogP contribution >= 0.6 is 11.6 Å². The minimum absolute atomic E-state index is 0.291. The molecular weight excluding hydrogens is 275 g/mol. The van der Waals surface area contributed by atoms with Crippen molar-refractivity contribution in [1.82, 2.24) is 4.98 Å². The van der Waals surface area contributed by atoms with Crippen molar-refractivity contribution in [1.29, 1.82) is 5.26 Å². The summed E-state index contributed by atoms with van der Waals surface area (Å²) in [4.78, 5) is 3.14. The predicted molar refractivity (Wildman–Crippen MR) is 78.2 cm³/mol. The van der Waals surface area contributed by atoms with Crippen LogP contribution in [0.2, 0.25) is 5.02 Å². The maximum atomic E-state index is 13.0. The molecule has 20 heavy (non-hydrogen) atoms. The van der Waals surface area contributed by atoms with Gasteiger partial charge in [-0.05, 0) is 30.7 Å². The van der Waals surface area contributed by atoms with Gasteiger partial charge in [0.2, 0.25) is 0 Å². The number of H-pyrrole nitrogens is 1. The van der Waals surface area contributed by atoms with Crippen LogP contribution in [-0.4, -0.2) is 4.98 Å². The zero-order chi connectivity index (χ0) is 14.3. The average Bonchev–Trinajstić information content (AvgIpc) is 2.77. The summed E-state index contributed by atoms with van der Waals surface area (Å²) in [6.45, 7) is 1.84. The highest BCUT2D eigenvalue weighted by atomic mass is 35.5. The number of nitrogens with zero attached hydrogens (tertiary/aromatic N) is 1. The highest BCUT2D eigenvalue weighted by molar-refractivity contribution is 6.38. The summed E-state index contributed by atoms with van der Waals surface area (Å²) in [5, 5.41) is 10.5. The second kappa shape index (κ2) is 4.66. The fourth-order valence-electron chi connectivity index (χ4n) is 2.37. The highest BCUT2D eigenvalue weighted by Crippen LogP contribution is 2.36. The first-order valence-electron chi connectivity index (χ1n) is 6.08. The predicted octanol–water partition coefficient (Wildman–Crippen LogP) is 4.81. The standard InChI is InChI=1S/C16H10ClFN2/c1-9-13(8-19)15-14(20-9)7-6-12(16(15)17)10-2-4-11(18)5-3-10/h2-7,20H,1H3. The molecule has 3 aromatic rings. The minimum Gasteiger partial charge on any atom is -0.357 e. The Kier molecular flexibility index (Phi) is 2.96. The summed E-state index contributed by atoms with van der Waals surface area (Å²) in [6, 6.07) is 12.1. The van der Waals surface area contributed by atoms with E-state index in [0.717, 1.165) is 22.3 Å². The molecule has 4 heteroatoms. The Labute approximate surface area is 120 Å². The van der Waals surface area contributed by atoms with E-state index in [9.17, 15) is 9.65 Å². The van der Waals surface area contributed by atoms with E-state index in [1.54, 1.807) is 12.1 Å². The molecule has 2 nitrogen and oxygen atoms in total. The summed E-state index contributed by atoms with van der Waals surface area (Å²) in [7, 11) is 0. The first-order chi connectivity index (χ1) is 9.61. The van der Waals surface area contributed by atoms with E-state index in [1.165, 1.54) is 12.1 Å². The second-order valence-electron chi connectivity index (χ2n) is 4.59. The van der Waals surface area contributed by atoms with Crippen molar-refractivity contribution < 1.29 is 4.39 Å². The third kappa shape index (κ3) is 1.86. The fourth-order valence-corrected chi connectivity index (χ4v) is 2.74. The first-order valence-corrected chi connectivity index (χ1v) is 6.46. The summed E-state index contributed by atoms with van der Waals surface area (Å²) < 4.78 is 13.0. The van der Waals surface area contributed by atoms with E-state index in [-0.39, 0.29) is 5.82 Å². The van der Waals surface area contributed by atoms with Gasteiger partial charge in [0.05, 0.1) is 10.6 Å². The zero-order valence-corrected chi connectivity index (χ0v) is 11.4. The van der Waals surface area contributed by atoms with Gasteiger partial charge in [0.25, 0.3) is 0 Å². The van der Waals surface area contributed by atoms with Gasteiger partial charge < -0.3 is 4.98 Å². The van der Waals surface area contributed by atoms with Crippen LogP contribution in [0.5, 0.6) is 0 Å². The molecule has 0 saturated heterocycles. The molecule has 0 bridgehead atoms. The number of rotatable bonds is 1. The fraction of sp³-hybridized carbons (Fsp3) is 0.0625. The molecule has 0 aliphatic rings. The Balaban J connectivity index is 2.31. The SMILES string of the molecule is Cc1[nH]c2ccc(-c3ccc(F)cc3)c(Cl)c2c1C#N. The van der Waals surface area contributed by atoms with Gasteiger partial charge in [-0.15, -0.1) is 0 Å². The Morgan fingerprint density at radius 2 is 1.85 bits per heavy atom. The van der Waals surface area contributed by atoms with E-state index < -0.39 is 0 Å². The van der Waals surface area contributed by atoms with E-state index in [2.05, 4.69) is 11.1 Å². The Hall–Kier alpha value is -2.31. The molecule has 0 spiro atoms. The number of nitriles is 1. The molecule has 0 unspecified atom stereocenters. The molecule has 0 aliphatic heterocycles. The van der Waals surface area contributed by atoms with Crippen molar-refractivity contribution in [2.45, 2.75) is 6.92 Å². The smallest absolute Gasteiger partial charge is 0.123 e. The van der Waals surface area contributed by atoms with E-state index in [0.29, 0.717) is 16.0 Å². The Morgan fingerprint density at radius 3 is 2.50 bits per heavy atom. The van der Waals surface area contributed by atoms with Gasteiger partial charge in [-0.1, -0.05) is 29.8 Å². The molecule has 2 aromatic carbocycles. The first kappa shape index (κ1) is 12.7. The molecule has 98 valence electrons. The van der Waals surface area contributed by atoms with Crippen LogP contribution in [0, 0.1) is 24.1 Å². The van der Waals surface area contributed by atoms with Gasteiger partial charge in [-0.3, -0.25) is 0 Å². The number of aromatic amines is 1. The second-order valence-corrected chi connectivity index (χ2v) is 4.97. The molecule has 0 amide bonds. The van der Waals surface area contributed by atoms with Crippen LogP contribution in [0.25, 0.3) is 22.0 Å². The average molecular weight is 285 g/mol. The number of aryl methyl sites for hydroxylation is 1. The van der Waals surface area contributed by atoms with Crippen LogP contribution in [-0.2, 0) is 0 Å². The lowest BCUT2D eigenvalue weighted by Gasteiger charge is -2.06. The van der Waals surface area contributed by atoms with Crippen molar-refractivity contribution in [3.8, 4) is 17.2 Å². The van der Waals surface area contributed by atoms with Gasteiger partial charge in [0.15, 0.2) is 0 Å². The lowest BCUT2D eigenvalue weighted by molar-refractivity contribution is 0.628. The largest absolute Gasteiger partial charge is 0.357 e. The Morgan fingerprint density at radius 1 is 1.15 bits per heavy atom. The highest BCUT2D eigenvalue weighted by Gasteiger charge is 2.15. The van der Waals surface area contributed by atoms with Crippen LogP contribution in [0.4, 0.5) is 4.39 Å². The van der Waals surface area contributed by atoms with Gasteiger partial charge >= 0.3 is 0 Å². The van der Waals surface area contributed by atoms with E-state index in [1.807, 2.05) is 19.1 Å². The number of hydrogen-bond donors (Lipinski definition) is 1. The van der Waals surface area contributed by atoms with Crippen LogP contribution < -0.4 is 0 Å². The van der Waals surface area contributed by atoms with Crippen LogP contribution in [0.1, 0.15) is 11.3 Å². The lowest BCUT2D eigenvalue weighted by Crippen LogP contribution is -1.83. The number of aromatic nitrogens is 1. The molecule has 0 radical (unpaired) electrons. The monoisotopic (exact) mass is 284 g/mol. The van der Waals surface area contributed by atoms with Gasteiger partial charge in [0, 0.05) is 22.2 Å². The number of halogens is 2. The molecule has 0 atom stereocenters. The maximum Gasteiger partial charge on any atom is 0.123 e. The lowest BCUT2D eigenvalue weighted by atomic mass is 10.0. The number of benzene rings is 2. The van der Waals surface area contributed by atoms with Crippen molar-refractivity contribution >= 4 is 22.5 Å². The summed E-state index contributed by atoms with van der Waals surface area (Å²) >= 11 is 6.45. The molecule has 0 fully saturated rings. The minimum atomic E-state index is -0.291. The van der Waals surface area contributed by atoms with E-state index >= 15 is 0 Å². The number of hydrogen-bond acceptors (Lipinski definition) is 1. The van der Waals surface area contributed by atoms with Crippen LogP contribution in [0.15, 0.2) is 36.4 Å². The summed E-state index contributed by atoms with van der Waals surface area (Å²) in [6.07, 6.45) is 0. The topological polar surface area (TPSA) is 39.6 Å². The van der Waals surface area contributed by atoms with Crippen molar-refractivity contribution in [3.05, 3.63) is 58.5 Å². The normalized spacial score (nSPS) is 10.7. The molecule has 0 saturated carbocycles. The van der Waals surface area contributed by atoms with Gasteiger partial charge in [-0.2, -0.15) is 5.26 Å². The summed E-state index contributed by atoms with van der Waals surface area (Å²) in [5.41, 5.74) is 3.78. The Bertz CT molecular complexity index is 842. The maximum absolute atomic E-state index is 13.0. The van der Waals surface area contributed by atoms with Crippen molar-refractivity contribution in [3.63, 3.8) is 0 Å². The number of fused-ring (bicyclic) bond motifs is 1. The van der Waals surface area contributed by atoms with Crippen molar-refractivity contribution in [2.75, 3.05) is 0 Å². The van der Waals surface area contributed by atoms with Crippen molar-refractivity contribution in [2.24, 2.45) is 0 Å².